The lowest BCUT2D eigenvalue weighted by Gasteiger charge is -2.35. The maximum absolute atomic E-state index is 12.9. The standard InChI is InChI=1S/C18H19ClN4O2S/c19-14-3-1-2-4-15(14)23-12-13(11-16(23)24)17(25)21-6-8-22(9-7-21)18-20-5-10-26-18/h1-5,10,13H,6-9,11-12H2/t13-/m0/s1. The molecule has 26 heavy (non-hydrogen) atoms. The summed E-state index contributed by atoms with van der Waals surface area (Å²) in [6.45, 7) is 3.26. The van der Waals surface area contributed by atoms with Gasteiger partial charge in [-0.15, -0.1) is 11.3 Å². The van der Waals surface area contributed by atoms with Crippen LogP contribution in [0.1, 0.15) is 6.42 Å². The highest BCUT2D eigenvalue weighted by molar-refractivity contribution is 7.13. The lowest BCUT2D eigenvalue weighted by atomic mass is 10.1. The van der Waals surface area contributed by atoms with Crippen LogP contribution in [0.4, 0.5) is 10.8 Å². The fraction of sp³-hybridized carbons (Fsp3) is 0.389. The number of thiazole rings is 1. The fourth-order valence-electron chi connectivity index (χ4n) is 3.52. The summed E-state index contributed by atoms with van der Waals surface area (Å²) in [6, 6.07) is 7.26. The van der Waals surface area contributed by atoms with Crippen molar-refractivity contribution in [2.75, 3.05) is 42.5 Å². The Labute approximate surface area is 161 Å². The van der Waals surface area contributed by atoms with E-state index in [0.717, 1.165) is 18.2 Å². The minimum Gasteiger partial charge on any atom is -0.345 e. The number of hydrogen-bond acceptors (Lipinski definition) is 5. The van der Waals surface area contributed by atoms with E-state index < -0.39 is 0 Å². The number of halogens is 1. The van der Waals surface area contributed by atoms with Crippen molar-refractivity contribution in [3.05, 3.63) is 40.9 Å². The topological polar surface area (TPSA) is 56.8 Å². The van der Waals surface area contributed by atoms with Gasteiger partial charge in [0.05, 0.1) is 16.6 Å². The van der Waals surface area contributed by atoms with Gasteiger partial charge in [0.15, 0.2) is 5.13 Å². The van der Waals surface area contributed by atoms with Crippen molar-refractivity contribution in [1.29, 1.82) is 0 Å². The summed E-state index contributed by atoms with van der Waals surface area (Å²) in [6.07, 6.45) is 2.04. The minimum atomic E-state index is -0.301. The molecule has 0 saturated carbocycles. The number of amides is 2. The van der Waals surface area contributed by atoms with Crippen LogP contribution in [0.25, 0.3) is 0 Å². The van der Waals surface area contributed by atoms with Crippen LogP contribution in [0, 0.1) is 5.92 Å². The summed E-state index contributed by atoms with van der Waals surface area (Å²) in [7, 11) is 0. The minimum absolute atomic E-state index is 0.0436. The van der Waals surface area contributed by atoms with Gasteiger partial charge in [-0.2, -0.15) is 0 Å². The summed E-state index contributed by atoms with van der Waals surface area (Å²) < 4.78 is 0. The molecule has 3 heterocycles. The molecule has 8 heteroatoms. The Hall–Kier alpha value is -2.12. The summed E-state index contributed by atoms with van der Waals surface area (Å²) >= 11 is 7.82. The van der Waals surface area contributed by atoms with Gasteiger partial charge in [-0.05, 0) is 12.1 Å². The first-order chi connectivity index (χ1) is 12.6. The second kappa shape index (κ2) is 7.25. The molecular weight excluding hydrogens is 372 g/mol. The Morgan fingerprint density at radius 2 is 1.96 bits per heavy atom. The molecule has 1 aromatic heterocycles. The third kappa shape index (κ3) is 3.29. The number of rotatable bonds is 3. The van der Waals surface area contributed by atoms with Crippen molar-refractivity contribution >= 4 is 45.6 Å². The van der Waals surface area contributed by atoms with E-state index in [4.69, 9.17) is 11.6 Å². The average molecular weight is 391 g/mol. The third-order valence-electron chi connectivity index (χ3n) is 4.90. The maximum atomic E-state index is 12.9. The molecule has 2 fully saturated rings. The number of para-hydroxylation sites is 1. The van der Waals surface area contributed by atoms with Crippen molar-refractivity contribution in [3.8, 4) is 0 Å². The molecule has 2 amide bonds. The molecule has 0 bridgehead atoms. The van der Waals surface area contributed by atoms with E-state index in [2.05, 4.69) is 9.88 Å². The van der Waals surface area contributed by atoms with Gasteiger partial charge < -0.3 is 14.7 Å². The number of hydrogen-bond donors (Lipinski definition) is 0. The largest absolute Gasteiger partial charge is 0.345 e. The predicted octanol–water partition coefficient (Wildman–Crippen LogP) is 2.50. The first-order valence-corrected chi connectivity index (χ1v) is 9.87. The van der Waals surface area contributed by atoms with Gasteiger partial charge in [0.25, 0.3) is 0 Å². The third-order valence-corrected chi connectivity index (χ3v) is 6.05. The van der Waals surface area contributed by atoms with E-state index in [1.165, 1.54) is 0 Å². The van der Waals surface area contributed by atoms with Crippen LogP contribution in [0.2, 0.25) is 5.02 Å². The smallest absolute Gasteiger partial charge is 0.228 e. The SMILES string of the molecule is O=C([C@H]1CC(=O)N(c2ccccc2Cl)C1)N1CCN(c2nccs2)CC1. The first kappa shape index (κ1) is 17.3. The molecule has 0 aliphatic carbocycles. The molecule has 2 aromatic rings. The molecule has 1 aromatic carbocycles. The molecule has 4 rings (SSSR count). The highest BCUT2D eigenvalue weighted by Gasteiger charge is 2.38. The van der Waals surface area contributed by atoms with Crippen molar-refractivity contribution < 1.29 is 9.59 Å². The van der Waals surface area contributed by atoms with Gasteiger partial charge in [0, 0.05) is 50.7 Å². The number of anilines is 2. The predicted molar refractivity (Wildman–Crippen MR) is 103 cm³/mol. The molecule has 0 spiro atoms. The summed E-state index contributed by atoms with van der Waals surface area (Å²) in [4.78, 5) is 35.3. The van der Waals surface area contributed by atoms with Gasteiger partial charge in [0.2, 0.25) is 11.8 Å². The number of piperazine rings is 1. The van der Waals surface area contributed by atoms with Crippen LogP contribution in [0.3, 0.4) is 0 Å². The molecule has 0 N–H and O–H groups in total. The van der Waals surface area contributed by atoms with Gasteiger partial charge in [-0.3, -0.25) is 9.59 Å². The van der Waals surface area contributed by atoms with Gasteiger partial charge in [-0.1, -0.05) is 23.7 Å². The zero-order valence-corrected chi connectivity index (χ0v) is 15.7. The van der Waals surface area contributed by atoms with E-state index >= 15 is 0 Å². The molecule has 6 nitrogen and oxygen atoms in total. The Bertz CT molecular complexity index is 805. The first-order valence-electron chi connectivity index (χ1n) is 8.61. The zero-order valence-electron chi connectivity index (χ0n) is 14.2. The molecule has 136 valence electrons. The van der Waals surface area contributed by atoms with Crippen LogP contribution in [0.15, 0.2) is 35.8 Å². The van der Waals surface area contributed by atoms with Crippen LogP contribution >= 0.6 is 22.9 Å². The van der Waals surface area contributed by atoms with Crippen LogP contribution in [0.5, 0.6) is 0 Å². The van der Waals surface area contributed by atoms with Crippen molar-refractivity contribution in [1.82, 2.24) is 9.88 Å². The molecule has 2 aliphatic rings. The quantitative estimate of drug-likeness (QED) is 0.808. The van der Waals surface area contributed by atoms with Crippen molar-refractivity contribution in [2.45, 2.75) is 6.42 Å². The van der Waals surface area contributed by atoms with E-state index in [1.54, 1.807) is 28.5 Å². The number of nitrogens with zero attached hydrogens (tertiary/aromatic N) is 4. The van der Waals surface area contributed by atoms with Crippen LogP contribution < -0.4 is 9.80 Å². The molecule has 1 atom stereocenters. The van der Waals surface area contributed by atoms with Crippen molar-refractivity contribution in [3.63, 3.8) is 0 Å². The molecule has 0 unspecified atom stereocenters. The number of aromatic nitrogens is 1. The summed E-state index contributed by atoms with van der Waals surface area (Å²) in [5.74, 6) is -0.283. The monoisotopic (exact) mass is 390 g/mol. The van der Waals surface area contributed by atoms with E-state index in [0.29, 0.717) is 30.3 Å². The maximum Gasteiger partial charge on any atom is 0.228 e. The van der Waals surface area contributed by atoms with Gasteiger partial charge >= 0.3 is 0 Å². The van der Waals surface area contributed by atoms with E-state index in [-0.39, 0.29) is 24.2 Å². The fourth-order valence-corrected chi connectivity index (χ4v) is 4.46. The van der Waals surface area contributed by atoms with Crippen LogP contribution in [-0.2, 0) is 9.59 Å². The summed E-state index contributed by atoms with van der Waals surface area (Å²) in [5, 5.41) is 3.49. The lowest BCUT2D eigenvalue weighted by Crippen LogP contribution is -2.50. The number of carbonyl (C=O) groups is 2. The normalized spacial score (nSPS) is 20.7. The highest BCUT2D eigenvalue weighted by atomic mass is 35.5. The molecule has 2 aliphatic heterocycles. The Balaban J connectivity index is 1.39. The average Bonchev–Trinajstić information content (AvgIpc) is 3.32. The van der Waals surface area contributed by atoms with Crippen LogP contribution in [-0.4, -0.2) is 54.4 Å². The van der Waals surface area contributed by atoms with Gasteiger partial charge in [-0.25, -0.2) is 4.98 Å². The Morgan fingerprint density at radius 3 is 2.65 bits per heavy atom. The lowest BCUT2D eigenvalue weighted by molar-refractivity contribution is -0.136. The summed E-state index contributed by atoms with van der Waals surface area (Å²) in [5.41, 5.74) is 0.683. The number of benzene rings is 1. The van der Waals surface area contributed by atoms with E-state index in [1.807, 2.05) is 28.5 Å². The molecule has 2 saturated heterocycles. The second-order valence-corrected chi connectivity index (χ2v) is 7.76. The second-order valence-electron chi connectivity index (χ2n) is 6.48. The van der Waals surface area contributed by atoms with E-state index in [9.17, 15) is 9.59 Å². The highest BCUT2D eigenvalue weighted by Crippen LogP contribution is 2.32. The Kier molecular flexibility index (Phi) is 4.82. The zero-order chi connectivity index (χ0) is 18.1. The number of carbonyl (C=O) groups excluding carboxylic acids is 2. The molecule has 0 radical (unpaired) electrons. The molecular formula is C18H19ClN4O2S. The van der Waals surface area contributed by atoms with Crippen molar-refractivity contribution in [2.24, 2.45) is 5.92 Å². The van der Waals surface area contributed by atoms with Gasteiger partial charge in [0.1, 0.15) is 0 Å². The Morgan fingerprint density at radius 1 is 1.19 bits per heavy atom.